The Balaban J connectivity index is 1.79. The van der Waals surface area contributed by atoms with E-state index < -0.39 is 0 Å². The second-order valence-corrected chi connectivity index (χ2v) is 4.92. The van der Waals surface area contributed by atoms with Crippen molar-refractivity contribution < 1.29 is 9.26 Å². The fourth-order valence-corrected chi connectivity index (χ4v) is 2.21. The molecule has 0 saturated carbocycles. The molecule has 5 heteroatoms. The van der Waals surface area contributed by atoms with Crippen LogP contribution in [-0.2, 0) is 6.42 Å². The van der Waals surface area contributed by atoms with Crippen molar-refractivity contribution in [2.45, 2.75) is 13.3 Å². The lowest BCUT2D eigenvalue weighted by Gasteiger charge is -2.25. The highest BCUT2D eigenvalue weighted by Gasteiger charge is 2.20. The van der Waals surface area contributed by atoms with Crippen LogP contribution in [0, 0.1) is 12.8 Å². The van der Waals surface area contributed by atoms with Crippen LogP contribution in [0.4, 0.5) is 0 Å². The largest absolute Gasteiger partial charge is 0.496 e. The van der Waals surface area contributed by atoms with Crippen LogP contribution < -0.4 is 10.1 Å². The van der Waals surface area contributed by atoms with Gasteiger partial charge in [-0.05, 0) is 49.7 Å². The minimum Gasteiger partial charge on any atom is -0.496 e. The molecule has 1 fully saturated rings. The van der Waals surface area contributed by atoms with E-state index in [9.17, 15) is 0 Å². The van der Waals surface area contributed by atoms with Crippen LogP contribution in [0.2, 0.25) is 0 Å². The van der Waals surface area contributed by atoms with E-state index in [4.69, 9.17) is 9.26 Å². The molecule has 5 nitrogen and oxygen atoms in total. The molecule has 0 aliphatic carbocycles. The van der Waals surface area contributed by atoms with Gasteiger partial charge in [0.25, 0.3) is 0 Å². The van der Waals surface area contributed by atoms with Crippen LogP contribution in [0.15, 0.2) is 22.7 Å². The Morgan fingerprint density at radius 3 is 2.89 bits per heavy atom. The molecule has 3 rings (SSSR count). The third kappa shape index (κ3) is 2.46. The van der Waals surface area contributed by atoms with Gasteiger partial charge in [-0.25, -0.2) is 0 Å². The van der Waals surface area contributed by atoms with Gasteiger partial charge in [0.2, 0.25) is 11.7 Å². The summed E-state index contributed by atoms with van der Waals surface area (Å²) in [5, 5.41) is 7.28. The van der Waals surface area contributed by atoms with Crippen molar-refractivity contribution in [2.75, 3.05) is 20.2 Å². The molecule has 1 aliphatic heterocycles. The van der Waals surface area contributed by atoms with Crippen molar-refractivity contribution in [3.05, 3.63) is 29.7 Å². The SMILES string of the molecule is COc1ccc(-c2noc(CC3CNC3)n2)cc1C. The van der Waals surface area contributed by atoms with Gasteiger partial charge < -0.3 is 14.6 Å². The number of hydrogen-bond acceptors (Lipinski definition) is 5. The minimum absolute atomic E-state index is 0.630. The number of methoxy groups -OCH3 is 1. The maximum Gasteiger partial charge on any atom is 0.227 e. The monoisotopic (exact) mass is 259 g/mol. The van der Waals surface area contributed by atoms with Gasteiger partial charge in [-0.15, -0.1) is 0 Å². The van der Waals surface area contributed by atoms with Gasteiger partial charge >= 0.3 is 0 Å². The summed E-state index contributed by atoms with van der Waals surface area (Å²) in [6.07, 6.45) is 0.856. The van der Waals surface area contributed by atoms with E-state index in [0.717, 1.165) is 42.3 Å². The number of rotatable bonds is 4. The summed E-state index contributed by atoms with van der Waals surface area (Å²) in [5.41, 5.74) is 2.02. The Bertz CT molecular complexity index is 576. The van der Waals surface area contributed by atoms with Crippen LogP contribution in [0.5, 0.6) is 5.75 Å². The summed E-state index contributed by atoms with van der Waals surface area (Å²) in [6, 6.07) is 5.89. The molecule has 0 atom stereocenters. The summed E-state index contributed by atoms with van der Waals surface area (Å²) in [5.74, 6) is 2.86. The smallest absolute Gasteiger partial charge is 0.227 e. The normalized spacial score (nSPS) is 15.3. The summed E-state index contributed by atoms with van der Waals surface area (Å²) in [4.78, 5) is 4.45. The van der Waals surface area contributed by atoms with E-state index in [-0.39, 0.29) is 0 Å². The number of hydrogen-bond donors (Lipinski definition) is 1. The molecular weight excluding hydrogens is 242 g/mol. The first-order valence-electron chi connectivity index (χ1n) is 6.44. The Kier molecular flexibility index (Phi) is 3.21. The maximum atomic E-state index is 5.30. The molecule has 0 amide bonds. The number of aryl methyl sites for hydroxylation is 1. The fourth-order valence-electron chi connectivity index (χ4n) is 2.21. The predicted octanol–water partition coefficient (Wildman–Crippen LogP) is 1.82. The number of benzene rings is 1. The molecule has 1 N–H and O–H groups in total. The number of ether oxygens (including phenoxy) is 1. The zero-order valence-corrected chi connectivity index (χ0v) is 11.1. The molecule has 0 unspecified atom stereocenters. The third-order valence-corrected chi connectivity index (χ3v) is 3.45. The van der Waals surface area contributed by atoms with E-state index >= 15 is 0 Å². The molecule has 2 heterocycles. The summed E-state index contributed by atoms with van der Waals surface area (Å²) in [7, 11) is 1.67. The highest BCUT2D eigenvalue weighted by molar-refractivity contribution is 5.58. The minimum atomic E-state index is 0.630. The molecule has 1 aromatic heterocycles. The fraction of sp³-hybridized carbons (Fsp3) is 0.429. The molecular formula is C14H17N3O2. The third-order valence-electron chi connectivity index (χ3n) is 3.45. The zero-order chi connectivity index (χ0) is 13.2. The van der Waals surface area contributed by atoms with Crippen molar-refractivity contribution in [2.24, 2.45) is 5.92 Å². The molecule has 19 heavy (non-hydrogen) atoms. The molecule has 1 aliphatic rings. The van der Waals surface area contributed by atoms with E-state index in [1.807, 2.05) is 25.1 Å². The van der Waals surface area contributed by atoms with Crippen LogP contribution in [-0.4, -0.2) is 30.3 Å². The first-order valence-corrected chi connectivity index (χ1v) is 6.44. The first-order chi connectivity index (χ1) is 9.26. The van der Waals surface area contributed by atoms with Crippen LogP contribution in [0.25, 0.3) is 11.4 Å². The molecule has 0 bridgehead atoms. The second-order valence-electron chi connectivity index (χ2n) is 4.92. The van der Waals surface area contributed by atoms with Gasteiger partial charge in [-0.1, -0.05) is 5.16 Å². The molecule has 2 aromatic rings. The van der Waals surface area contributed by atoms with Crippen molar-refractivity contribution in [3.8, 4) is 17.1 Å². The predicted molar refractivity (Wildman–Crippen MR) is 71.1 cm³/mol. The van der Waals surface area contributed by atoms with Crippen molar-refractivity contribution in [1.29, 1.82) is 0 Å². The summed E-state index contributed by atoms with van der Waals surface area (Å²) >= 11 is 0. The molecule has 1 saturated heterocycles. The van der Waals surface area contributed by atoms with Crippen molar-refractivity contribution >= 4 is 0 Å². The van der Waals surface area contributed by atoms with Gasteiger partial charge in [0, 0.05) is 12.0 Å². The van der Waals surface area contributed by atoms with Gasteiger partial charge in [0.05, 0.1) is 7.11 Å². The lowest BCUT2D eigenvalue weighted by molar-refractivity contribution is 0.296. The van der Waals surface area contributed by atoms with Gasteiger partial charge in [-0.2, -0.15) is 4.98 Å². The van der Waals surface area contributed by atoms with E-state index in [1.54, 1.807) is 7.11 Å². The van der Waals surface area contributed by atoms with Crippen LogP contribution >= 0.6 is 0 Å². The second kappa shape index (κ2) is 5.01. The molecule has 0 radical (unpaired) electrons. The maximum absolute atomic E-state index is 5.30. The van der Waals surface area contributed by atoms with E-state index in [1.165, 1.54) is 0 Å². The van der Waals surface area contributed by atoms with Crippen LogP contribution in [0.3, 0.4) is 0 Å². The highest BCUT2D eigenvalue weighted by atomic mass is 16.5. The Hall–Kier alpha value is -1.88. The molecule has 100 valence electrons. The zero-order valence-electron chi connectivity index (χ0n) is 11.1. The molecule has 1 aromatic carbocycles. The Morgan fingerprint density at radius 1 is 1.42 bits per heavy atom. The highest BCUT2D eigenvalue weighted by Crippen LogP contribution is 2.24. The van der Waals surface area contributed by atoms with Crippen molar-refractivity contribution in [1.82, 2.24) is 15.5 Å². The van der Waals surface area contributed by atoms with Gasteiger partial charge in [0.1, 0.15) is 5.75 Å². The van der Waals surface area contributed by atoms with E-state index in [0.29, 0.717) is 11.7 Å². The lowest BCUT2D eigenvalue weighted by atomic mass is 10.00. The summed E-state index contributed by atoms with van der Waals surface area (Å²) in [6.45, 7) is 4.09. The van der Waals surface area contributed by atoms with Gasteiger partial charge in [0.15, 0.2) is 0 Å². The average Bonchev–Trinajstić information content (AvgIpc) is 2.82. The van der Waals surface area contributed by atoms with Crippen molar-refractivity contribution in [3.63, 3.8) is 0 Å². The lowest BCUT2D eigenvalue weighted by Crippen LogP contribution is -2.43. The van der Waals surface area contributed by atoms with Gasteiger partial charge in [-0.3, -0.25) is 0 Å². The summed E-state index contributed by atoms with van der Waals surface area (Å²) < 4.78 is 10.5. The number of nitrogens with one attached hydrogen (secondary N) is 1. The average molecular weight is 259 g/mol. The van der Waals surface area contributed by atoms with E-state index in [2.05, 4.69) is 15.5 Å². The number of nitrogens with zero attached hydrogens (tertiary/aromatic N) is 2. The Labute approximate surface area is 112 Å². The van der Waals surface area contributed by atoms with Crippen LogP contribution in [0.1, 0.15) is 11.5 Å². The quantitative estimate of drug-likeness (QED) is 0.907. The number of aromatic nitrogens is 2. The molecule has 0 spiro atoms. The first kappa shape index (κ1) is 12.2. The Morgan fingerprint density at radius 2 is 2.26 bits per heavy atom. The topological polar surface area (TPSA) is 60.2 Å². The standard InChI is InChI=1S/C14H17N3O2/c1-9-5-11(3-4-12(9)18-2)14-16-13(19-17-14)6-10-7-15-8-10/h3-5,10,15H,6-8H2,1-2H3.